The summed E-state index contributed by atoms with van der Waals surface area (Å²) in [5, 5.41) is 0. The van der Waals surface area contributed by atoms with Crippen molar-refractivity contribution in [2.24, 2.45) is 5.73 Å². The van der Waals surface area contributed by atoms with E-state index < -0.39 is 54.5 Å². The smallest absolute Gasteiger partial charge is 0.308 e. The second-order valence-electron chi connectivity index (χ2n) is 7.70. The topological polar surface area (TPSA) is 140 Å². The van der Waals surface area contributed by atoms with E-state index in [4.69, 9.17) is 29.4 Å². The van der Waals surface area contributed by atoms with Crippen LogP contribution in [0, 0.1) is 0 Å². The Morgan fingerprint density at radius 3 is 1.62 bits per heavy atom. The van der Waals surface area contributed by atoms with Crippen LogP contribution < -0.4 is 5.73 Å². The highest BCUT2D eigenvalue weighted by Gasteiger charge is 2.50. The van der Waals surface area contributed by atoms with Crippen LogP contribution in [0.3, 0.4) is 0 Å². The maximum atomic E-state index is 12.3. The van der Waals surface area contributed by atoms with Gasteiger partial charge in [-0.3, -0.25) is 19.2 Å². The molecule has 1 saturated heterocycles. The van der Waals surface area contributed by atoms with Crippen molar-refractivity contribution in [2.45, 2.75) is 110 Å². The molecule has 0 unspecified atom stereocenters. The fourth-order valence-corrected chi connectivity index (χ4v) is 3.13. The van der Waals surface area contributed by atoms with Crippen molar-refractivity contribution >= 4 is 23.9 Å². The van der Waals surface area contributed by atoms with Crippen molar-refractivity contribution < 1.29 is 42.9 Å². The van der Waals surface area contributed by atoms with Crippen LogP contribution in [0.4, 0.5) is 0 Å². The maximum Gasteiger partial charge on any atom is 0.308 e. The summed E-state index contributed by atoms with van der Waals surface area (Å²) in [4.78, 5) is 48.4. The van der Waals surface area contributed by atoms with Crippen molar-refractivity contribution in [3.05, 3.63) is 0 Å². The lowest BCUT2D eigenvalue weighted by atomic mass is 9.96. The van der Waals surface area contributed by atoms with Gasteiger partial charge in [-0.05, 0) is 25.7 Å². The van der Waals surface area contributed by atoms with Crippen LogP contribution in [-0.2, 0) is 42.9 Å². The molecule has 5 atom stereocenters. The van der Waals surface area contributed by atoms with Gasteiger partial charge in [-0.25, -0.2) is 0 Å². The Morgan fingerprint density at radius 2 is 1.12 bits per heavy atom. The highest BCUT2D eigenvalue weighted by molar-refractivity contribution is 5.71. The number of hydrogen-bond donors (Lipinski definition) is 1. The van der Waals surface area contributed by atoms with Gasteiger partial charge in [0.15, 0.2) is 12.2 Å². The first-order valence-corrected chi connectivity index (χ1v) is 11.4. The second kappa shape index (κ2) is 14.8. The first-order valence-electron chi connectivity index (χ1n) is 11.4. The van der Waals surface area contributed by atoms with E-state index in [9.17, 15) is 19.2 Å². The van der Waals surface area contributed by atoms with Gasteiger partial charge in [-0.2, -0.15) is 0 Å². The number of esters is 4. The molecule has 0 amide bonds. The van der Waals surface area contributed by atoms with Gasteiger partial charge in [0, 0.05) is 25.7 Å². The third kappa shape index (κ3) is 9.12. The number of ether oxygens (including phenoxy) is 5. The lowest BCUT2D eigenvalue weighted by Crippen LogP contribution is -2.65. The molecule has 0 aromatic heterocycles. The Balaban J connectivity index is 3.16. The lowest BCUT2D eigenvalue weighted by Gasteiger charge is -2.43. The summed E-state index contributed by atoms with van der Waals surface area (Å²) < 4.78 is 27.5. The molecule has 0 aromatic rings. The quantitative estimate of drug-likeness (QED) is 0.322. The first-order chi connectivity index (χ1) is 15.3. The molecule has 0 aromatic carbocycles. The monoisotopic (exact) mass is 459 g/mol. The van der Waals surface area contributed by atoms with Crippen molar-refractivity contribution in [1.82, 2.24) is 0 Å². The Kier molecular flexibility index (Phi) is 12.9. The highest BCUT2D eigenvalue weighted by atomic mass is 16.7. The number of carbonyl (C=O) groups excluding carboxylic acids is 4. The predicted molar refractivity (Wildman–Crippen MR) is 113 cm³/mol. The molecule has 10 nitrogen and oxygen atoms in total. The van der Waals surface area contributed by atoms with Gasteiger partial charge in [0.05, 0.1) is 0 Å². The van der Waals surface area contributed by atoms with E-state index in [0.29, 0.717) is 25.7 Å². The SMILES string of the molecule is CCCC(=O)OC[C@H]1O[C@@H](OC(=O)CCC)[C@H](N)[C@@H](OC(=O)CCC)[C@@H]1OC(=O)CCC. The summed E-state index contributed by atoms with van der Waals surface area (Å²) in [6.45, 7) is 7.00. The molecule has 10 heteroatoms. The molecule has 0 saturated carbocycles. The molecule has 1 aliphatic rings. The summed E-state index contributed by atoms with van der Waals surface area (Å²) in [6.07, 6.45) is -1.68. The van der Waals surface area contributed by atoms with Gasteiger partial charge in [0.2, 0.25) is 6.29 Å². The normalized spacial score (nSPS) is 25.0. The summed E-state index contributed by atoms with van der Waals surface area (Å²) in [6, 6.07) is -1.10. The molecule has 1 aliphatic heterocycles. The Hall–Kier alpha value is -2.20. The van der Waals surface area contributed by atoms with E-state index in [1.54, 1.807) is 0 Å². The van der Waals surface area contributed by atoms with Crippen LogP contribution in [-0.4, -0.2) is 61.1 Å². The fraction of sp³-hybridized carbons (Fsp3) is 0.818. The van der Waals surface area contributed by atoms with Gasteiger partial charge >= 0.3 is 23.9 Å². The van der Waals surface area contributed by atoms with Crippen LogP contribution >= 0.6 is 0 Å². The first kappa shape index (κ1) is 27.8. The molecular weight excluding hydrogens is 422 g/mol. The Labute approximate surface area is 189 Å². The summed E-state index contributed by atoms with van der Waals surface area (Å²) >= 11 is 0. The van der Waals surface area contributed by atoms with Crippen LogP contribution in [0.15, 0.2) is 0 Å². The van der Waals surface area contributed by atoms with Gasteiger partial charge < -0.3 is 29.4 Å². The van der Waals surface area contributed by atoms with Crippen LogP contribution in [0.5, 0.6) is 0 Å². The molecule has 32 heavy (non-hydrogen) atoms. The van der Waals surface area contributed by atoms with E-state index in [1.165, 1.54) is 0 Å². The van der Waals surface area contributed by atoms with Gasteiger partial charge in [0.1, 0.15) is 18.8 Å². The van der Waals surface area contributed by atoms with Gasteiger partial charge in [-0.1, -0.05) is 27.7 Å². The van der Waals surface area contributed by atoms with Crippen molar-refractivity contribution in [2.75, 3.05) is 6.61 Å². The van der Waals surface area contributed by atoms with Crippen molar-refractivity contribution in [3.63, 3.8) is 0 Å². The van der Waals surface area contributed by atoms with Crippen LogP contribution in [0.25, 0.3) is 0 Å². The molecule has 1 fully saturated rings. The molecule has 2 N–H and O–H groups in total. The van der Waals surface area contributed by atoms with E-state index in [1.807, 2.05) is 27.7 Å². The number of hydrogen-bond acceptors (Lipinski definition) is 10. The molecule has 0 aliphatic carbocycles. The second-order valence-corrected chi connectivity index (χ2v) is 7.70. The van der Waals surface area contributed by atoms with E-state index in [2.05, 4.69) is 0 Å². The average Bonchev–Trinajstić information content (AvgIpc) is 2.72. The standard InChI is InChI=1S/C22H37NO9/c1-5-9-15(24)28-13-14-20(30-16(25)10-6-2)21(31-17(26)11-7-3)19(23)22(29-14)32-18(27)12-8-4/h14,19-22H,5-13,23H2,1-4H3/t14-,19-,20-,21-,22+/m1/s1. The fourth-order valence-electron chi connectivity index (χ4n) is 3.13. The number of rotatable bonds is 13. The van der Waals surface area contributed by atoms with Gasteiger partial charge in [0.25, 0.3) is 0 Å². The molecule has 0 radical (unpaired) electrons. The zero-order valence-corrected chi connectivity index (χ0v) is 19.5. The minimum absolute atomic E-state index is 0.135. The van der Waals surface area contributed by atoms with E-state index >= 15 is 0 Å². The van der Waals surface area contributed by atoms with Crippen LogP contribution in [0.2, 0.25) is 0 Å². The summed E-state index contributed by atoms with van der Waals surface area (Å²) in [5.41, 5.74) is 6.24. The van der Waals surface area contributed by atoms with Gasteiger partial charge in [-0.15, -0.1) is 0 Å². The third-order valence-corrected chi connectivity index (χ3v) is 4.70. The molecular formula is C22H37NO9. The number of nitrogens with two attached hydrogens (primary N) is 1. The molecule has 1 rings (SSSR count). The summed E-state index contributed by atoms with van der Waals surface area (Å²) in [5.74, 6) is -2.05. The average molecular weight is 460 g/mol. The Bertz CT molecular complexity index is 605. The minimum Gasteiger partial charge on any atom is -0.463 e. The largest absolute Gasteiger partial charge is 0.463 e. The van der Waals surface area contributed by atoms with E-state index in [0.717, 1.165) is 0 Å². The highest BCUT2D eigenvalue weighted by Crippen LogP contribution is 2.27. The predicted octanol–water partition coefficient (Wildman–Crippen LogP) is 2.15. The lowest BCUT2D eigenvalue weighted by molar-refractivity contribution is -0.268. The third-order valence-electron chi connectivity index (χ3n) is 4.70. The van der Waals surface area contributed by atoms with Crippen LogP contribution in [0.1, 0.15) is 79.1 Å². The minimum atomic E-state index is -1.26. The summed E-state index contributed by atoms with van der Waals surface area (Å²) in [7, 11) is 0. The zero-order chi connectivity index (χ0) is 24.1. The van der Waals surface area contributed by atoms with E-state index in [-0.39, 0.29) is 32.3 Å². The maximum absolute atomic E-state index is 12.3. The molecule has 0 bridgehead atoms. The Morgan fingerprint density at radius 1 is 0.688 bits per heavy atom. The molecule has 1 heterocycles. The number of carbonyl (C=O) groups is 4. The zero-order valence-electron chi connectivity index (χ0n) is 19.5. The van der Waals surface area contributed by atoms with Crippen molar-refractivity contribution in [3.8, 4) is 0 Å². The van der Waals surface area contributed by atoms with Crippen molar-refractivity contribution in [1.29, 1.82) is 0 Å². The molecule has 0 spiro atoms. The molecule has 184 valence electrons.